The quantitative estimate of drug-likeness (QED) is 0.482. The fourth-order valence-electron chi connectivity index (χ4n) is 1.28. The standard InChI is InChI=1S/C8H15NO2/c1-3-6-7(9-6)4-5-8(10)11-2/h6-7,9H,3-5H2,1-2H3. The molecule has 1 aliphatic rings. The number of esters is 1. The van der Waals surface area contributed by atoms with E-state index in [0.29, 0.717) is 18.5 Å². The predicted molar refractivity (Wildman–Crippen MR) is 42.3 cm³/mol. The Morgan fingerprint density at radius 1 is 1.55 bits per heavy atom. The van der Waals surface area contributed by atoms with Gasteiger partial charge in [-0.25, -0.2) is 0 Å². The topological polar surface area (TPSA) is 48.2 Å². The van der Waals surface area contributed by atoms with E-state index in [2.05, 4.69) is 17.0 Å². The molecular formula is C8H15NO2. The monoisotopic (exact) mass is 157 g/mol. The number of nitrogens with one attached hydrogen (secondary N) is 1. The highest BCUT2D eigenvalue weighted by molar-refractivity contribution is 5.69. The molecule has 2 unspecified atom stereocenters. The molecule has 1 saturated heterocycles. The average Bonchev–Trinajstić information content (AvgIpc) is 2.78. The molecule has 1 fully saturated rings. The van der Waals surface area contributed by atoms with Crippen LogP contribution in [0.15, 0.2) is 0 Å². The number of carbonyl (C=O) groups excluding carboxylic acids is 1. The molecule has 11 heavy (non-hydrogen) atoms. The highest BCUT2D eigenvalue weighted by Crippen LogP contribution is 2.19. The van der Waals surface area contributed by atoms with Crippen molar-refractivity contribution in [3.8, 4) is 0 Å². The smallest absolute Gasteiger partial charge is 0.305 e. The summed E-state index contributed by atoms with van der Waals surface area (Å²) >= 11 is 0. The van der Waals surface area contributed by atoms with E-state index < -0.39 is 0 Å². The van der Waals surface area contributed by atoms with Gasteiger partial charge in [0.1, 0.15) is 0 Å². The summed E-state index contributed by atoms with van der Waals surface area (Å²) in [7, 11) is 1.43. The van der Waals surface area contributed by atoms with E-state index in [-0.39, 0.29) is 5.97 Å². The van der Waals surface area contributed by atoms with Crippen molar-refractivity contribution in [2.24, 2.45) is 0 Å². The fourth-order valence-corrected chi connectivity index (χ4v) is 1.28. The lowest BCUT2D eigenvalue weighted by molar-refractivity contribution is -0.140. The van der Waals surface area contributed by atoms with Gasteiger partial charge >= 0.3 is 5.97 Å². The van der Waals surface area contributed by atoms with E-state index in [4.69, 9.17) is 0 Å². The van der Waals surface area contributed by atoms with E-state index in [0.717, 1.165) is 12.8 Å². The summed E-state index contributed by atoms with van der Waals surface area (Å²) in [6.07, 6.45) is 2.63. The zero-order valence-electron chi connectivity index (χ0n) is 7.09. The van der Waals surface area contributed by atoms with Gasteiger partial charge in [-0.1, -0.05) is 6.92 Å². The first kappa shape index (κ1) is 8.53. The Morgan fingerprint density at radius 2 is 2.27 bits per heavy atom. The van der Waals surface area contributed by atoms with Crippen LogP contribution in [0.4, 0.5) is 0 Å². The molecule has 0 spiro atoms. The van der Waals surface area contributed by atoms with E-state index in [1.54, 1.807) is 0 Å². The minimum atomic E-state index is -0.103. The number of rotatable bonds is 4. The Bertz CT molecular complexity index is 147. The van der Waals surface area contributed by atoms with Crippen molar-refractivity contribution < 1.29 is 9.53 Å². The second-order valence-corrected chi connectivity index (χ2v) is 2.90. The van der Waals surface area contributed by atoms with Crippen LogP contribution in [-0.2, 0) is 9.53 Å². The van der Waals surface area contributed by atoms with Gasteiger partial charge in [0.25, 0.3) is 0 Å². The summed E-state index contributed by atoms with van der Waals surface area (Å²) < 4.78 is 4.53. The van der Waals surface area contributed by atoms with Gasteiger partial charge in [-0.15, -0.1) is 0 Å². The summed E-state index contributed by atoms with van der Waals surface area (Å²) in [5.74, 6) is -0.103. The first-order chi connectivity index (χ1) is 5.27. The lowest BCUT2D eigenvalue weighted by Gasteiger charge is -1.95. The highest BCUT2D eigenvalue weighted by Gasteiger charge is 2.33. The molecule has 0 aromatic heterocycles. The molecule has 0 amide bonds. The summed E-state index contributed by atoms with van der Waals surface area (Å²) in [5, 5.41) is 3.29. The maximum absolute atomic E-state index is 10.7. The second-order valence-electron chi connectivity index (χ2n) is 2.90. The van der Waals surface area contributed by atoms with Crippen LogP contribution < -0.4 is 5.32 Å². The van der Waals surface area contributed by atoms with Crippen LogP contribution in [0.1, 0.15) is 26.2 Å². The molecule has 1 heterocycles. The Kier molecular flexibility index (Phi) is 2.88. The molecule has 64 valence electrons. The molecule has 0 aliphatic carbocycles. The highest BCUT2D eigenvalue weighted by atomic mass is 16.5. The maximum atomic E-state index is 10.7. The minimum Gasteiger partial charge on any atom is -0.469 e. The van der Waals surface area contributed by atoms with Crippen molar-refractivity contribution in [3.05, 3.63) is 0 Å². The van der Waals surface area contributed by atoms with Gasteiger partial charge in [0, 0.05) is 18.5 Å². The summed E-state index contributed by atoms with van der Waals surface area (Å²) in [5.41, 5.74) is 0. The molecule has 1 N–H and O–H groups in total. The predicted octanol–water partition coefficient (Wildman–Crippen LogP) is 0.690. The van der Waals surface area contributed by atoms with Crippen LogP contribution >= 0.6 is 0 Å². The molecular weight excluding hydrogens is 142 g/mol. The largest absolute Gasteiger partial charge is 0.469 e. The molecule has 1 rings (SSSR count). The van der Waals surface area contributed by atoms with Crippen molar-refractivity contribution in [1.29, 1.82) is 0 Å². The summed E-state index contributed by atoms with van der Waals surface area (Å²) in [4.78, 5) is 10.7. The normalized spacial score (nSPS) is 28.2. The molecule has 0 saturated carbocycles. The van der Waals surface area contributed by atoms with Gasteiger partial charge in [-0.2, -0.15) is 0 Å². The molecule has 3 nitrogen and oxygen atoms in total. The van der Waals surface area contributed by atoms with Crippen LogP contribution in [0.3, 0.4) is 0 Å². The van der Waals surface area contributed by atoms with Crippen LogP contribution in [-0.4, -0.2) is 25.2 Å². The van der Waals surface area contributed by atoms with Gasteiger partial charge in [0.2, 0.25) is 0 Å². The zero-order valence-corrected chi connectivity index (χ0v) is 7.09. The van der Waals surface area contributed by atoms with Crippen molar-refractivity contribution in [2.75, 3.05) is 7.11 Å². The van der Waals surface area contributed by atoms with Crippen molar-refractivity contribution >= 4 is 5.97 Å². The third kappa shape index (κ3) is 2.50. The van der Waals surface area contributed by atoms with Crippen LogP contribution in [0.25, 0.3) is 0 Å². The number of ether oxygens (including phenoxy) is 1. The van der Waals surface area contributed by atoms with Crippen LogP contribution in [0.5, 0.6) is 0 Å². The summed E-state index contributed by atoms with van der Waals surface area (Å²) in [6.45, 7) is 2.15. The number of hydrogen-bond donors (Lipinski definition) is 1. The van der Waals surface area contributed by atoms with Gasteiger partial charge in [0.15, 0.2) is 0 Å². The SMILES string of the molecule is CCC1NC1CCC(=O)OC. The Balaban J connectivity index is 2.01. The van der Waals surface area contributed by atoms with E-state index in [1.807, 2.05) is 0 Å². The Morgan fingerprint density at radius 3 is 2.73 bits per heavy atom. The Labute approximate surface area is 67.1 Å². The maximum Gasteiger partial charge on any atom is 0.305 e. The number of methoxy groups -OCH3 is 1. The van der Waals surface area contributed by atoms with E-state index in [9.17, 15) is 4.79 Å². The van der Waals surface area contributed by atoms with Crippen molar-refractivity contribution in [1.82, 2.24) is 5.32 Å². The molecule has 0 aromatic rings. The Hall–Kier alpha value is -0.570. The first-order valence-corrected chi connectivity index (χ1v) is 4.10. The van der Waals surface area contributed by atoms with Crippen molar-refractivity contribution in [2.45, 2.75) is 38.3 Å². The number of hydrogen-bond acceptors (Lipinski definition) is 3. The molecule has 0 bridgehead atoms. The van der Waals surface area contributed by atoms with Gasteiger partial charge < -0.3 is 10.1 Å². The molecule has 0 aromatic carbocycles. The molecule has 0 radical (unpaired) electrons. The second kappa shape index (κ2) is 3.72. The fraction of sp³-hybridized carbons (Fsp3) is 0.875. The van der Waals surface area contributed by atoms with Gasteiger partial charge in [0.05, 0.1) is 7.11 Å². The van der Waals surface area contributed by atoms with E-state index >= 15 is 0 Å². The lowest BCUT2D eigenvalue weighted by atomic mass is 10.2. The van der Waals surface area contributed by atoms with Gasteiger partial charge in [-0.05, 0) is 12.8 Å². The zero-order chi connectivity index (χ0) is 8.27. The summed E-state index contributed by atoms with van der Waals surface area (Å²) in [6, 6.07) is 1.22. The third-order valence-corrected chi connectivity index (χ3v) is 2.13. The van der Waals surface area contributed by atoms with Crippen LogP contribution in [0.2, 0.25) is 0 Å². The molecule has 2 atom stereocenters. The lowest BCUT2D eigenvalue weighted by Crippen LogP contribution is -2.03. The number of carbonyl (C=O) groups is 1. The average molecular weight is 157 g/mol. The van der Waals surface area contributed by atoms with Crippen LogP contribution in [0, 0.1) is 0 Å². The van der Waals surface area contributed by atoms with Crippen molar-refractivity contribution in [3.63, 3.8) is 0 Å². The molecule has 3 heteroatoms. The minimum absolute atomic E-state index is 0.103. The van der Waals surface area contributed by atoms with Gasteiger partial charge in [-0.3, -0.25) is 4.79 Å². The van der Waals surface area contributed by atoms with E-state index in [1.165, 1.54) is 7.11 Å². The molecule has 1 aliphatic heterocycles. The third-order valence-electron chi connectivity index (χ3n) is 2.13. The first-order valence-electron chi connectivity index (χ1n) is 4.10.